The molecule has 5 nitrogen and oxygen atoms in total. The third kappa shape index (κ3) is 2.27. The summed E-state index contributed by atoms with van der Waals surface area (Å²) < 4.78 is 1.94. The Hall–Kier alpha value is -0.780. The van der Waals surface area contributed by atoms with Crippen LogP contribution in [0.1, 0.15) is 31.6 Å². The third-order valence-corrected chi connectivity index (χ3v) is 3.29. The zero-order valence-electron chi connectivity index (χ0n) is 8.78. The molecule has 92 valence electrons. The monoisotopic (exact) mass is 295 g/mol. The van der Waals surface area contributed by atoms with Gasteiger partial charge in [0.25, 0.3) is 0 Å². The van der Waals surface area contributed by atoms with Crippen LogP contribution in [0.2, 0.25) is 0 Å². The van der Waals surface area contributed by atoms with E-state index in [-0.39, 0.29) is 16.9 Å². The van der Waals surface area contributed by atoms with Crippen LogP contribution in [0.25, 0.3) is 5.03 Å². The molecule has 0 spiro atoms. The van der Waals surface area contributed by atoms with Crippen LogP contribution in [0.5, 0.6) is 0 Å². The summed E-state index contributed by atoms with van der Waals surface area (Å²) in [5.74, 6) is 0.181. The molecule has 0 amide bonds. The normalized spacial score (nSPS) is 16.9. The van der Waals surface area contributed by atoms with E-state index >= 15 is 0 Å². The van der Waals surface area contributed by atoms with E-state index in [1.165, 1.54) is 4.57 Å². The molecule has 0 atom stereocenters. The lowest BCUT2D eigenvalue weighted by Gasteiger charge is -2.02. The molecular weight excluding hydrogens is 288 g/mol. The standard InChI is InChI=1S/C9H8Cl3N3O2/c1-4(10)6(11)7-13-15(8(12)16)9(17)14(7)5-2-3-5/h5H,2-3H2,1H3/b6-4+. The second kappa shape index (κ2) is 4.48. The molecule has 1 aromatic heterocycles. The maximum atomic E-state index is 11.9. The maximum absolute atomic E-state index is 11.9. The van der Waals surface area contributed by atoms with Gasteiger partial charge in [0, 0.05) is 11.1 Å². The molecule has 1 saturated carbocycles. The van der Waals surface area contributed by atoms with Crippen LogP contribution in [-0.2, 0) is 0 Å². The van der Waals surface area contributed by atoms with Gasteiger partial charge in [0.05, 0.1) is 5.03 Å². The summed E-state index contributed by atoms with van der Waals surface area (Å²) in [5.41, 5.74) is -0.585. The fraction of sp³-hybridized carbons (Fsp3) is 0.444. The summed E-state index contributed by atoms with van der Waals surface area (Å²) in [6.45, 7) is 1.58. The average Bonchev–Trinajstić information content (AvgIpc) is 3.01. The lowest BCUT2D eigenvalue weighted by molar-refractivity contribution is 0.257. The van der Waals surface area contributed by atoms with Crippen molar-refractivity contribution in [2.45, 2.75) is 25.8 Å². The SMILES string of the molecule is C/C(Cl)=C(\Cl)c1nn(C(=O)Cl)c(=O)n1C1CC1. The molecule has 0 unspecified atom stereocenters. The molecule has 1 aliphatic carbocycles. The Kier molecular flexibility index (Phi) is 3.34. The summed E-state index contributed by atoms with van der Waals surface area (Å²) >= 11 is 17.0. The van der Waals surface area contributed by atoms with Gasteiger partial charge in [-0.15, -0.1) is 9.78 Å². The van der Waals surface area contributed by atoms with E-state index in [2.05, 4.69) is 5.10 Å². The van der Waals surface area contributed by atoms with Gasteiger partial charge in [-0.2, -0.15) is 0 Å². The van der Waals surface area contributed by atoms with Crippen molar-refractivity contribution in [3.05, 3.63) is 21.3 Å². The first-order valence-corrected chi connectivity index (χ1v) is 6.00. The molecule has 2 rings (SSSR count). The molecule has 0 aromatic carbocycles. The zero-order chi connectivity index (χ0) is 12.7. The van der Waals surface area contributed by atoms with E-state index < -0.39 is 11.1 Å². The summed E-state index contributed by atoms with van der Waals surface area (Å²) in [5, 5.41) is 3.28. The minimum Gasteiger partial charge on any atom is -0.271 e. The minimum atomic E-state index is -0.965. The number of carbonyl (C=O) groups excluding carboxylic acids is 1. The Bertz CT molecular complexity index is 565. The van der Waals surface area contributed by atoms with Gasteiger partial charge in [0.2, 0.25) is 0 Å². The fourth-order valence-electron chi connectivity index (χ4n) is 1.46. The van der Waals surface area contributed by atoms with Gasteiger partial charge < -0.3 is 0 Å². The second-order valence-electron chi connectivity index (χ2n) is 3.72. The van der Waals surface area contributed by atoms with E-state index in [4.69, 9.17) is 34.8 Å². The summed E-state index contributed by atoms with van der Waals surface area (Å²) in [6, 6.07) is 0.0204. The van der Waals surface area contributed by atoms with E-state index in [1.54, 1.807) is 6.92 Å². The summed E-state index contributed by atoms with van der Waals surface area (Å²) in [6.07, 6.45) is 1.70. The van der Waals surface area contributed by atoms with E-state index in [0.29, 0.717) is 9.71 Å². The lowest BCUT2D eigenvalue weighted by atomic mass is 10.4. The van der Waals surface area contributed by atoms with Crippen molar-refractivity contribution in [1.82, 2.24) is 14.3 Å². The molecular formula is C9H8Cl3N3O2. The highest BCUT2D eigenvalue weighted by molar-refractivity contribution is 6.63. The van der Waals surface area contributed by atoms with Crippen molar-refractivity contribution in [3.63, 3.8) is 0 Å². The van der Waals surface area contributed by atoms with Crippen LogP contribution in [0.4, 0.5) is 4.79 Å². The van der Waals surface area contributed by atoms with Crippen LogP contribution in [-0.4, -0.2) is 19.7 Å². The number of hydrogen-bond acceptors (Lipinski definition) is 3. The van der Waals surface area contributed by atoms with Crippen molar-refractivity contribution >= 4 is 45.2 Å². The van der Waals surface area contributed by atoms with Crippen molar-refractivity contribution < 1.29 is 4.79 Å². The largest absolute Gasteiger partial charge is 0.354 e. The molecule has 17 heavy (non-hydrogen) atoms. The van der Waals surface area contributed by atoms with Gasteiger partial charge in [0.1, 0.15) is 0 Å². The highest BCUT2D eigenvalue weighted by Crippen LogP contribution is 2.36. The van der Waals surface area contributed by atoms with Gasteiger partial charge in [-0.05, 0) is 31.4 Å². The molecule has 0 aliphatic heterocycles. The van der Waals surface area contributed by atoms with Crippen LogP contribution in [0, 0.1) is 0 Å². The Morgan fingerprint density at radius 1 is 1.35 bits per heavy atom. The van der Waals surface area contributed by atoms with Crippen molar-refractivity contribution in [2.24, 2.45) is 0 Å². The molecule has 0 saturated heterocycles. The van der Waals surface area contributed by atoms with Gasteiger partial charge in [-0.1, -0.05) is 23.2 Å². The summed E-state index contributed by atoms with van der Waals surface area (Å²) in [4.78, 5) is 22.9. The molecule has 8 heteroatoms. The number of halogens is 3. The van der Waals surface area contributed by atoms with E-state index in [9.17, 15) is 9.59 Å². The number of nitrogens with zero attached hydrogens (tertiary/aromatic N) is 3. The van der Waals surface area contributed by atoms with Gasteiger partial charge >= 0.3 is 11.1 Å². The number of allylic oxidation sites excluding steroid dienone is 1. The van der Waals surface area contributed by atoms with Crippen LogP contribution >= 0.6 is 34.8 Å². The van der Waals surface area contributed by atoms with Crippen LogP contribution in [0.15, 0.2) is 9.83 Å². The number of hydrogen-bond donors (Lipinski definition) is 0. The Morgan fingerprint density at radius 2 is 1.94 bits per heavy atom. The van der Waals surface area contributed by atoms with Gasteiger partial charge in [-0.25, -0.2) is 4.79 Å². The van der Waals surface area contributed by atoms with Crippen molar-refractivity contribution in [3.8, 4) is 0 Å². The quantitative estimate of drug-likeness (QED) is 0.789. The second-order valence-corrected chi connectivity index (χ2v) is 4.99. The predicted molar refractivity (Wildman–Crippen MR) is 65.7 cm³/mol. The van der Waals surface area contributed by atoms with Crippen LogP contribution in [0.3, 0.4) is 0 Å². The molecule has 1 fully saturated rings. The molecule has 0 radical (unpaired) electrons. The first-order valence-electron chi connectivity index (χ1n) is 4.87. The third-order valence-electron chi connectivity index (χ3n) is 2.39. The molecule has 1 aromatic rings. The number of aromatic nitrogens is 3. The number of carbonyl (C=O) groups is 1. The topological polar surface area (TPSA) is 56.9 Å². The molecule has 1 heterocycles. The first-order chi connectivity index (χ1) is 7.93. The predicted octanol–water partition coefficient (Wildman–Crippen LogP) is 2.75. The molecule has 1 aliphatic rings. The Balaban J connectivity index is 2.66. The van der Waals surface area contributed by atoms with Crippen molar-refractivity contribution in [2.75, 3.05) is 0 Å². The Morgan fingerprint density at radius 3 is 2.35 bits per heavy atom. The number of rotatable bonds is 2. The van der Waals surface area contributed by atoms with E-state index in [0.717, 1.165) is 12.8 Å². The molecule has 0 bridgehead atoms. The Labute approximate surface area is 112 Å². The highest BCUT2D eigenvalue weighted by Gasteiger charge is 2.32. The molecule has 0 N–H and O–H groups in total. The van der Waals surface area contributed by atoms with Gasteiger partial charge in [0.15, 0.2) is 5.82 Å². The first kappa shape index (κ1) is 12.7. The smallest absolute Gasteiger partial charge is 0.271 e. The van der Waals surface area contributed by atoms with Gasteiger partial charge in [-0.3, -0.25) is 9.36 Å². The average molecular weight is 297 g/mol. The fourth-order valence-corrected chi connectivity index (χ4v) is 1.78. The van der Waals surface area contributed by atoms with Crippen LogP contribution < -0.4 is 5.69 Å². The summed E-state index contributed by atoms with van der Waals surface area (Å²) in [7, 11) is 0. The van der Waals surface area contributed by atoms with E-state index in [1.807, 2.05) is 0 Å². The lowest BCUT2D eigenvalue weighted by Crippen LogP contribution is -2.26. The zero-order valence-corrected chi connectivity index (χ0v) is 11.1. The van der Waals surface area contributed by atoms with Crippen molar-refractivity contribution in [1.29, 1.82) is 0 Å². The minimum absolute atomic E-state index is 0.0204. The highest BCUT2D eigenvalue weighted by atomic mass is 35.5. The maximum Gasteiger partial charge on any atom is 0.354 e.